The van der Waals surface area contributed by atoms with E-state index in [-0.39, 0.29) is 17.4 Å². The van der Waals surface area contributed by atoms with E-state index in [1.807, 2.05) is 13.8 Å². The third-order valence-corrected chi connectivity index (χ3v) is 2.62. The highest BCUT2D eigenvalue weighted by Crippen LogP contribution is 2.18. The maximum absolute atomic E-state index is 11.2. The molecule has 0 atom stereocenters. The zero-order valence-electron chi connectivity index (χ0n) is 12.7. The van der Waals surface area contributed by atoms with Crippen molar-refractivity contribution < 1.29 is 24.1 Å². The molecule has 7 nitrogen and oxygen atoms in total. The number of aromatic nitrogens is 2. The molecule has 1 heterocycles. The molecular formula is C14H22N2O5. The molecule has 1 rings (SSSR count). The third kappa shape index (κ3) is 6.05. The maximum atomic E-state index is 11.2. The minimum Gasteiger partial charge on any atom is -0.489 e. The van der Waals surface area contributed by atoms with Crippen molar-refractivity contribution in [2.45, 2.75) is 26.2 Å². The van der Waals surface area contributed by atoms with E-state index in [1.54, 1.807) is 7.11 Å². The summed E-state index contributed by atoms with van der Waals surface area (Å²) >= 11 is 0. The highest BCUT2D eigenvalue weighted by atomic mass is 16.5. The molecule has 0 amide bonds. The first-order valence-corrected chi connectivity index (χ1v) is 6.86. The summed E-state index contributed by atoms with van der Waals surface area (Å²) in [6, 6.07) is 0. The lowest BCUT2D eigenvalue weighted by Gasteiger charge is -2.10. The molecule has 0 aliphatic heterocycles. The second-order valence-corrected chi connectivity index (χ2v) is 4.71. The number of carbonyl (C=O) groups is 1. The van der Waals surface area contributed by atoms with Crippen molar-refractivity contribution in [2.75, 3.05) is 33.5 Å². The van der Waals surface area contributed by atoms with Gasteiger partial charge in [-0.2, -0.15) is 0 Å². The molecule has 0 spiro atoms. The topological polar surface area (TPSA) is 90.8 Å². The van der Waals surface area contributed by atoms with Crippen LogP contribution in [0.15, 0.2) is 6.20 Å². The number of hydrogen-bond donors (Lipinski definition) is 1. The van der Waals surface area contributed by atoms with Gasteiger partial charge in [-0.3, -0.25) is 0 Å². The van der Waals surface area contributed by atoms with Gasteiger partial charge >= 0.3 is 5.97 Å². The van der Waals surface area contributed by atoms with E-state index >= 15 is 0 Å². The third-order valence-electron chi connectivity index (χ3n) is 2.62. The normalized spacial score (nSPS) is 10.9. The molecule has 1 N–H and O–H groups in total. The molecule has 0 aromatic carbocycles. The molecule has 7 heteroatoms. The van der Waals surface area contributed by atoms with Crippen LogP contribution >= 0.6 is 0 Å². The van der Waals surface area contributed by atoms with Crippen LogP contribution in [0.25, 0.3) is 0 Å². The van der Waals surface area contributed by atoms with E-state index in [9.17, 15) is 4.79 Å². The van der Waals surface area contributed by atoms with E-state index in [0.29, 0.717) is 38.7 Å². The summed E-state index contributed by atoms with van der Waals surface area (Å²) in [5.74, 6) is -0.386. The Morgan fingerprint density at radius 2 is 2.05 bits per heavy atom. The number of methoxy groups -OCH3 is 1. The number of rotatable bonds is 10. The van der Waals surface area contributed by atoms with Crippen LogP contribution in [0.4, 0.5) is 0 Å². The molecule has 1 aromatic rings. The first kappa shape index (κ1) is 17.3. The first-order chi connectivity index (χ1) is 10.1. The average molecular weight is 298 g/mol. The molecule has 21 heavy (non-hydrogen) atoms. The van der Waals surface area contributed by atoms with Crippen LogP contribution in [0.5, 0.6) is 5.75 Å². The van der Waals surface area contributed by atoms with Crippen LogP contribution in [0, 0.1) is 0 Å². The van der Waals surface area contributed by atoms with E-state index in [2.05, 4.69) is 9.97 Å². The van der Waals surface area contributed by atoms with Gasteiger partial charge in [0, 0.05) is 26.1 Å². The van der Waals surface area contributed by atoms with Crippen LogP contribution in [-0.4, -0.2) is 54.6 Å². The molecule has 1 aromatic heterocycles. The minimum absolute atomic E-state index is 0.0614. The zero-order valence-corrected chi connectivity index (χ0v) is 12.7. The highest BCUT2D eigenvalue weighted by Gasteiger charge is 2.16. The fraction of sp³-hybridized carbons (Fsp3) is 0.643. The summed E-state index contributed by atoms with van der Waals surface area (Å²) in [6.45, 7) is 5.75. The van der Waals surface area contributed by atoms with Gasteiger partial charge in [0.2, 0.25) is 0 Å². The van der Waals surface area contributed by atoms with Crippen LogP contribution in [0.1, 0.15) is 42.5 Å². The molecule has 0 saturated heterocycles. The van der Waals surface area contributed by atoms with E-state index < -0.39 is 5.97 Å². The largest absolute Gasteiger partial charge is 0.489 e. The van der Waals surface area contributed by atoms with Crippen molar-refractivity contribution in [3.05, 3.63) is 17.7 Å². The van der Waals surface area contributed by atoms with Crippen molar-refractivity contribution in [1.82, 2.24) is 9.97 Å². The lowest BCUT2D eigenvalue weighted by atomic mass is 10.2. The summed E-state index contributed by atoms with van der Waals surface area (Å²) in [5.41, 5.74) is -0.103. The van der Waals surface area contributed by atoms with Crippen molar-refractivity contribution in [3.63, 3.8) is 0 Å². The summed E-state index contributed by atoms with van der Waals surface area (Å²) < 4.78 is 15.6. The quantitative estimate of drug-likeness (QED) is 0.658. The Kier molecular flexibility index (Phi) is 7.63. The maximum Gasteiger partial charge on any atom is 0.358 e. The SMILES string of the molecule is COCCOCCCOc1cnc(C(C)C)nc1C(=O)O. The fourth-order valence-corrected chi connectivity index (χ4v) is 1.51. The van der Waals surface area contributed by atoms with Gasteiger partial charge in [-0.05, 0) is 0 Å². The van der Waals surface area contributed by atoms with Gasteiger partial charge in [-0.15, -0.1) is 0 Å². The van der Waals surface area contributed by atoms with Gasteiger partial charge in [-0.1, -0.05) is 13.8 Å². The Morgan fingerprint density at radius 3 is 2.67 bits per heavy atom. The average Bonchev–Trinajstić information content (AvgIpc) is 2.46. The van der Waals surface area contributed by atoms with Crippen LogP contribution < -0.4 is 4.74 Å². The van der Waals surface area contributed by atoms with Gasteiger partial charge in [0.15, 0.2) is 11.4 Å². The number of aromatic carboxylic acids is 1. The second kappa shape index (κ2) is 9.25. The minimum atomic E-state index is -1.12. The lowest BCUT2D eigenvalue weighted by Crippen LogP contribution is -2.12. The molecule has 0 bridgehead atoms. The van der Waals surface area contributed by atoms with Crippen LogP contribution in [-0.2, 0) is 9.47 Å². The van der Waals surface area contributed by atoms with Crippen molar-refractivity contribution in [1.29, 1.82) is 0 Å². The predicted molar refractivity (Wildman–Crippen MR) is 75.9 cm³/mol. The molecule has 118 valence electrons. The highest BCUT2D eigenvalue weighted by molar-refractivity contribution is 5.88. The monoisotopic (exact) mass is 298 g/mol. The molecule has 0 radical (unpaired) electrons. The Hall–Kier alpha value is -1.73. The van der Waals surface area contributed by atoms with Gasteiger partial charge in [0.05, 0.1) is 26.0 Å². The number of carboxylic acids is 1. The number of hydrogen-bond acceptors (Lipinski definition) is 6. The van der Waals surface area contributed by atoms with Crippen LogP contribution in [0.3, 0.4) is 0 Å². The zero-order chi connectivity index (χ0) is 15.7. The summed E-state index contributed by atoms with van der Waals surface area (Å²) in [5, 5.41) is 9.16. The summed E-state index contributed by atoms with van der Waals surface area (Å²) in [6.07, 6.45) is 2.06. The molecule has 0 aliphatic carbocycles. The van der Waals surface area contributed by atoms with Gasteiger partial charge < -0.3 is 19.3 Å². The van der Waals surface area contributed by atoms with Gasteiger partial charge in [-0.25, -0.2) is 14.8 Å². The van der Waals surface area contributed by atoms with Gasteiger partial charge in [0.1, 0.15) is 5.82 Å². The molecule has 0 saturated carbocycles. The Balaban J connectivity index is 2.49. The number of carboxylic acid groups (broad SMARTS) is 1. The molecule has 0 aliphatic rings. The van der Waals surface area contributed by atoms with Crippen molar-refractivity contribution in [3.8, 4) is 5.75 Å². The smallest absolute Gasteiger partial charge is 0.358 e. The summed E-state index contributed by atoms with van der Waals surface area (Å²) in [4.78, 5) is 19.3. The lowest BCUT2D eigenvalue weighted by molar-refractivity contribution is 0.0635. The van der Waals surface area contributed by atoms with Crippen molar-refractivity contribution in [2.24, 2.45) is 0 Å². The molecule has 0 fully saturated rings. The van der Waals surface area contributed by atoms with E-state index in [4.69, 9.17) is 19.3 Å². The predicted octanol–water partition coefficient (Wildman–Crippen LogP) is 1.73. The number of ether oxygens (including phenoxy) is 3. The van der Waals surface area contributed by atoms with Crippen LogP contribution in [0.2, 0.25) is 0 Å². The number of nitrogens with zero attached hydrogens (tertiary/aromatic N) is 2. The van der Waals surface area contributed by atoms with Crippen molar-refractivity contribution >= 4 is 5.97 Å². The molecular weight excluding hydrogens is 276 g/mol. The Morgan fingerprint density at radius 1 is 1.29 bits per heavy atom. The second-order valence-electron chi connectivity index (χ2n) is 4.71. The summed E-state index contributed by atoms with van der Waals surface area (Å²) in [7, 11) is 1.61. The standard InChI is InChI=1S/C14H22N2O5/c1-10(2)13-15-9-11(12(16-13)14(17)18)21-6-4-5-20-8-7-19-3/h9-10H,4-8H2,1-3H3,(H,17,18). The van der Waals surface area contributed by atoms with E-state index in [1.165, 1.54) is 6.20 Å². The van der Waals surface area contributed by atoms with Gasteiger partial charge in [0.25, 0.3) is 0 Å². The first-order valence-electron chi connectivity index (χ1n) is 6.86. The Bertz CT molecular complexity index is 451. The Labute approximate surface area is 124 Å². The molecule has 0 unspecified atom stereocenters. The fourth-order valence-electron chi connectivity index (χ4n) is 1.51. The van der Waals surface area contributed by atoms with E-state index in [0.717, 1.165) is 0 Å².